The Morgan fingerprint density at radius 1 is 1.00 bits per heavy atom. The molecule has 0 amide bonds. The molecular formula is C17H19N3. The molecule has 102 valence electrons. The first-order valence-electron chi connectivity index (χ1n) is 6.12. The number of pyridine rings is 1. The largest absolute Gasteiger partial charge is 0.353 e. The minimum Gasteiger partial charge on any atom is -0.353 e. The highest BCUT2D eigenvalue weighted by atomic mass is 15.0. The van der Waals surface area contributed by atoms with Gasteiger partial charge in [0.25, 0.3) is 0 Å². The van der Waals surface area contributed by atoms with Gasteiger partial charge in [-0.3, -0.25) is 0 Å². The van der Waals surface area contributed by atoms with Crippen molar-refractivity contribution in [2.24, 2.45) is 0 Å². The van der Waals surface area contributed by atoms with Crippen molar-refractivity contribution < 1.29 is 0 Å². The molecular weight excluding hydrogens is 246 g/mol. The van der Waals surface area contributed by atoms with Gasteiger partial charge in [-0.1, -0.05) is 50.6 Å². The molecule has 0 spiro atoms. The third kappa shape index (κ3) is 5.23. The van der Waals surface area contributed by atoms with Crippen LogP contribution in [0, 0.1) is 0 Å². The van der Waals surface area contributed by atoms with Crippen LogP contribution in [0.4, 0.5) is 11.5 Å². The number of hydrogen-bond acceptors (Lipinski definition) is 3. The Morgan fingerprint density at radius 2 is 1.60 bits per heavy atom. The highest BCUT2D eigenvalue weighted by Gasteiger charge is 2.03. The van der Waals surface area contributed by atoms with E-state index in [2.05, 4.69) is 41.9 Å². The van der Waals surface area contributed by atoms with Crippen LogP contribution < -0.4 is 10.6 Å². The van der Waals surface area contributed by atoms with Gasteiger partial charge in [-0.2, -0.15) is 0 Å². The zero-order chi connectivity index (χ0) is 14.8. The topological polar surface area (TPSA) is 37.0 Å². The van der Waals surface area contributed by atoms with Crippen LogP contribution in [0.15, 0.2) is 92.5 Å². The molecule has 0 atom stereocenters. The molecule has 0 saturated carbocycles. The van der Waals surface area contributed by atoms with E-state index in [0.717, 1.165) is 17.1 Å². The fourth-order valence-corrected chi connectivity index (χ4v) is 1.38. The molecule has 0 saturated heterocycles. The zero-order valence-corrected chi connectivity index (χ0v) is 11.5. The highest BCUT2D eigenvalue weighted by molar-refractivity contribution is 5.69. The Morgan fingerprint density at radius 3 is 2.20 bits per heavy atom. The van der Waals surface area contributed by atoms with Crippen molar-refractivity contribution >= 4 is 11.5 Å². The number of rotatable bonds is 8. The molecule has 2 N–H and O–H groups in total. The number of allylic oxidation sites excluding steroid dienone is 6. The molecule has 1 aromatic rings. The SMILES string of the molecule is C=C/C=C\C(=C)Nc1cccnc1NC(=C)/C=C\C=C. The van der Waals surface area contributed by atoms with E-state index < -0.39 is 0 Å². The van der Waals surface area contributed by atoms with Crippen LogP contribution in [0.1, 0.15) is 0 Å². The van der Waals surface area contributed by atoms with Crippen molar-refractivity contribution in [1.82, 2.24) is 4.98 Å². The number of aromatic nitrogens is 1. The van der Waals surface area contributed by atoms with Crippen LogP contribution in [0.2, 0.25) is 0 Å². The van der Waals surface area contributed by atoms with Crippen molar-refractivity contribution in [3.63, 3.8) is 0 Å². The van der Waals surface area contributed by atoms with E-state index in [1.165, 1.54) is 0 Å². The molecule has 3 nitrogen and oxygen atoms in total. The lowest BCUT2D eigenvalue weighted by Crippen LogP contribution is -2.04. The minimum atomic E-state index is 0.680. The number of nitrogens with one attached hydrogen (secondary N) is 2. The maximum Gasteiger partial charge on any atom is 0.154 e. The maximum absolute atomic E-state index is 4.28. The van der Waals surface area contributed by atoms with Gasteiger partial charge in [0.1, 0.15) is 0 Å². The summed E-state index contributed by atoms with van der Waals surface area (Å²) in [6.45, 7) is 15.0. The summed E-state index contributed by atoms with van der Waals surface area (Å²) in [5.74, 6) is 0.680. The quantitative estimate of drug-likeness (QED) is 0.683. The normalized spacial score (nSPS) is 10.4. The van der Waals surface area contributed by atoms with Crippen LogP contribution in [0.3, 0.4) is 0 Å². The predicted octanol–water partition coefficient (Wildman–Crippen LogP) is 4.42. The second kappa shape index (κ2) is 8.32. The lowest BCUT2D eigenvalue weighted by atomic mass is 10.3. The number of anilines is 2. The van der Waals surface area contributed by atoms with Gasteiger partial charge >= 0.3 is 0 Å². The molecule has 0 aliphatic rings. The van der Waals surface area contributed by atoms with Crippen LogP contribution in [0.5, 0.6) is 0 Å². The van der Waals surface area contributed by atoms with Crippen LogP contribution >= 0.6 is 0 Å². The first-order valence-corrected chi connectivity index (χ1v) is 6.12. The fraction of sp³-hybridized carbons (Fsp3) is 0. The fourth-order valence-electron chi connectivity index (χ4n) is 1.38. The van der Waals surface area contributed by atoms with E-state index in [1.807, 2.05) is 30.4 Å². The summed E-state index contributed by atoms with van der Waals surface area (Å²) in [4.78, 5) is 4.28. The molecule has 0 aliphatic carbocycles. The Bertz CT molecular complexity index is 514. The minimum absolute atomic E-state index is 0.680. The zero-order valence-electron chi connectivity index (χ0n) is 11.5. The van der Waals surface area contributed by atoms with Gasteiger partial charge in [-0.05, 0) is 24.3 Å². The Balaban J connectivity index is 2.82. The van der Waals surface area contributed by atoms with E-state index in [1.54, 1.807) is 24.4 Å². The van der Waals surface area contributed by atoms with E-state index in [4.69, 9.17) is 0 Å². The van der Waals surface area contributed by atoms with Crippen LogP contribution in [0.25, 0.3) is 0 Å². The van der Waals surface area contributed by atoms with Crippen LogP contribution in [-0.2, 0) is 0 Å². The summed E-state index contributed by atoms with van der Waals surface area (Å²) >= 11 is 0. The maximum atomic E-state index is 4.28. The van der Waals surface area contributed by atoms with Crippen molar-refractivity contribution in [3.8, 4) is 0 Å². The molecule has 1 heterocycles. The molecule has 3 heteroatoms. The van der Waals surface area contributed by atoms with Crippen molar-refractivity contribution in [3.05, 3.63) is 92.5 Å². The average molecular weight is 265 g/mol. The molecule has 0 aromatic carbocycles. The first kappa shape index (κ1) is 15.2. The highest BCUT2D eigenvalue weighted by Crippen LogP contribution is 2.21. The first-order chi connectivity index (χ1) is 9.67. The average Bonchev–Trinajstić information content (AvgIpc) is 2.45. The van der Waals surface area contributed by atoms with E-state index >= 15 is 0 Å². The summed E-state index contributed by atoms with van der Waals surface area (Å²) in [6.07, 6.45) is 12.3. The van der Waals surface area contributed by atoms with Gasteiger partial charge in [0.05, 0.1) is 5.69 Å². The van der Waals surface area contributed by atoms with Crippen molar-refractivity contribution in [2.45, 2.75) is 0 Å². The third-order valence-corrected chi connectivity index (χ3v) is 2.25. The van der Waals surface area contributed by atoms with Crippen LogP contribution in [-0.4, -0.2) is 4.98 Å². The Hall–Kier alpha value is -2.81. The molecule has 0 unspecified atom stereocenters. The third-order valence-electron chi connectivity index (χ3n) is 2.25. The summed E-state index contributed by atoms with van der Waals surface area (Å²) in [6, 6.07) is 3.76. The second-order valence-corrected chi connectivity index (χ2v) is 3.89. The Kier molecular flexibility index (Phi) is 6.34. The van der Waals surface area contributed by atoms with Gasteiger partial charge in [-0.15, -0.1) is 0 Å². The summed E-state index contributed by atoms with van der Waals surface area (Å²) in [5, 5.41) is 6.29. The van der Waals surface area contributed by atoms with Gasteiger partial charge in [-0.25, -0.2) is 4.98 Å². The lowest BCUT2D eigenvalue weighted by Gasteiger charge is -2.12. The summed E-state index contributed by atoms with van der Waals surface area (Å²) in [7, 11) is 0. The predicted molar refractivity (Wildman–Crippen MR) is 88.4 cm³/mol. The monoisotopic (exact) mass is 265 g/mol. The molecule has 0 fully saturated rings. The number of hydrogen-bond donors (Lipinski definition) is 2. The molecule has 0 aliphatic heterocycles. The molecule has 20 heavy (non-hydrogen) atoms. The molecule has 1 rings (SSSR count). The van der Waals surface area contributed by atoms with Crippen molar-refractivity contribution in [1.29, 1.82) is 0 Å². The summed E-state index contributed by atoms with van der Waals surface area (Å²) < 4.78 is 0. The molecule has 0 bridgehead atoms. The van der Waals surface area contributed by atoms with Gasteiger partial charge in [0.15, 0.2) is 5.82 Å². The van der Waals surface area contributed by atoms with E-state index in [0.29, 0.717) is 5.82 Å². The Labute approximate surface area is 120 Å². The molecule has 0 radical (unpaired) electrons. The second-order valence-electron chi connectivity index (χ2n) is 3.89. The van der Waals surface area contributed by atoms with Gasteiger partial charge in [0, 0.05) is 17.6 Å². The summed E-state index contributed by atoms with van der Waals surface area (Å²) in [5.41, 5.74) is 2.28. The standard InChI is InChI=1S/C17H19N3/c1-5-7-10-14(3)19-16-12-9-13-18-17(16)20-15(4)11-8-6-2/h5-13,19H,1-4H2,(H,18,20)/b10-7-,11-8-. The molecule has 1 aromatic heterocycles. The number of nitrogens with zero attached hydrogens (tertiary/aromatic N) is 1. The van der Waals surface area contributed by atoms with E-state index in [9.17, 15) is 0 Å². The smallest absolute Gasteiger partial charge is 0.154 e. The van der Waals surface area contributed by atoms with E-state index in [-0.39, 0.29) is 0 Å². The lowest BCUT2D eigenvalue weighted by molar-refractivity contribution is 1.28. The van der Waals surface area contributed by atoms with Crippen molar-refractivity contribution in [2.75, 3.05) is 10.6 Å². The van der Waals surface area contributed by atoms with Gasteiger partial charge < -0.3 is 10.6 Å². The van der Waals surface area contributed by atoms with Gasteiger partial charge in [0.2, 0.25) is 0 Å².